The predicted octanol–water partition coefficient (Wildman–Crippen LogP) is 3.76. The van der Waals surface area contributed by atoms with Gasteiger partial charge in [0.2, 0.25) is 0 Å². The number of para-hydroxylation sites is 1. The van der Waals surface area contributed by atoms with Crippen molar-refractivity contribution < 1.29 is 14.3 Å². The van der Waals surface area contributed by atoms with Gasteiger partial charge < -0.3 is 14.4 Å². The third-order valence-corrected chi connectivity index (χ3v) is 3.40. The molecule has 116 valence electrons. The summed E-state index contributed by atoms with van der Waals surface area (Å²) in [5.74, 6) is 1.10. The van der Waals surface area contributed by atoms with Crippen molar-refractivity contribution in [2.24, 2.45) is 0 Å². The van der Waals surface area contributed by atoms with Crippen LogP contribution in [-0.4, -0.2) is 26.7 Å². The number of ether oxygens (including phenoxy) is 2. The number of carbonyl (C=O) groups excluding carboxylic acids is 1. The molecule has 0 N–H and O–H groups in total. The molecule has 0 radical (unpaired) electrons. The van der Waals surface area contributed by atoms with Crippen LogP contribution in [0.25, 0.3) is 0 Å². The number of carbonyl (C=O) groups is 1. The van der Waals surface area contributed by atoms with E-state index in [0.29, 0.717) is 23.6 Å². The van der Waals surface area contributed by atoms with Gasteiger partial charge in [0.1, 0.15) is 11.5 Å². The van der Waals surface area contributed by atoms with E-state index in [4.69, 9.17) is 9.47 Å². The Hall–Kier alpha value is -2.49. The Labute approximate surface area is 131 Å². The van der Waals surface area contributed by atoms with Crippen LogP contribution >= 0.6 is 0 Å². The molecule has 4 nitrogen and oxygen atoms in total. The molecule has 0 aliphatic rings. The van der Waals surface area contributed by atoms with Gasteiger partial charge in [-0.1, -0.05) is 25.1 Å². The molecule has 0 saturated carbocycles. The first kappa shape index (κ1) is 15.9. The van der Waals surface area contributed by atoms with Crippen LogP contribution < -0.4 is 14.4 Å². The first-order valence-corrected chi connectivity index (χ1v) is 7.30. The highest BCUT2D eigenvalue weighted by molar-refractivity contribution is 6.08. The summed E-state index contributed by atoms with van der Waals surface area (Å²) in [4.78, 5) is 14.7. The smallest absolute Gasteiger partial charge is 0.262 e. The molecule has 4 heteroatoms. The van der Waals surface area contributed by atoms with Crippen LogP contribution in [0.15, 0.2) is 48.5 Å². The van der Waals surface area contributed by atoms with Crippen molar-refractivity contribution in [2.45, 2.75) is 13.3 Å². The van der Waals surface area contributed by atoms with Crippen molar-refractivity contribution >= 4 is 11.6 Å². The van der Waals surface area contributed by atoms with Gasteiger partial charge in [-0.2, -0.15) is 0 Å². The van der Waals surface area contributed by atoms with E-state index in [-0.39, 0.29) is 5.91 Å². The number of rotatable bonds is 6. The number of benzene rings is 2. The molecule has 0 aromatic heterocycles. The lowest BCUT2D eigenvalue weighted by Crippen LogP contribution is -2.31. The Balaban J connectivity index is 2.39. The zero-order valence-corrected chi connectivity index (χ0v) is 13.2. The molecule has 0 unspecified atom stereocenters. The van der Waals surface area contributed by atoms with Crippen molar-refractivity contribution in [1.29, 1.82) is 0 Å². The summed E-state index contributed by atoms with van der Waals surface area (Å²) in [5, 5.41) is 0. The summed E-state index contributed by atoms with van der Waals surface area (Å²) in [6.07, 6.45) is 0.874. The van der Waals surface area contributed by atoms with Gasteiger partial charge in [-0.05, 0) is 30.7 Å². The van der Waals surface area contributed by atoms with Crippen LogP contribution in [0.2, 0.25) is 0 Å². The highest BCUT2D eigenvalue weighted by atomic mass is 16.5. The SMILES string of the molecule is CCCN(C(=O)c1ccc(OC)cc1OC)c1ccccc1. The second-order valence-electron chi connectivity index (χ2n) is 4.86. The Morgan fingerprint density at radius 2 is 1.77 bits per heavy atom. The molecule has 2 rings (SSSR count). The quantitative estimate of drug-likeness (QED) is 0.815. The van der Waals surface area contributed by atoms with Crippen LogP contribution in [-0.2, 0) is 0 Å². The summed E-state index contributed by atoms with van der Waals surface area (Å²) in [6.45, 7) is 2.70. The molecular formula is C18H21NO3. The van der Waals surface area contributed by atoms with E-state index in [1.165, 1.54) is 0 Å². The largest absolute Gasteiger partial charge is 0.497 e. The summed E-state index contributed by atoms with van der Waals surface area (Å²) in [5.41, 5.74) is 1.41. The van der Waals surface area contributed by atoms with Crippen LogP contribution in [0, 0.1) is 0 Å². The predicted molar refractivity (Wildman–Crippen MR) is 88.0 cm³/mol. The molecular weight excluding hydrogens is 278 g/mol. The van der Waals surface area contributed by atoms with Crippen molar-refractivity contribution in [3.05, 3.63) is 54.1 Å². The van der Waals surface area contributed by atoms with Crippen molar-refractivity contribution in [2.75, 3.05) is 25.7 Å². The van der Waals surface area contributed by atoms with Crippen LogP contribution in [0.1, 0.15) is 23.7 Å². The van der Waals surface area contributed by atoms with E-state index in [9.17, 15) is 4.79 Å². The summed E-state index contributed by atoms with van der Waals surface area (Å²) >= 11 is 0. The van der Waals surface area contributed by atoms with Gasteiger partial charge in [0.05, 0.1) is 19.8 Å². The third-order valence-electron chi connectivity index (χ3n) is 3.40. The van der Waals surface area contributed by atoms with Crippen molar-refractivity contribution in [3.63, 3.8) is 0 Å². The summed E-state index contributed by atoms with van der Waals surface area (Å²) in [7, 11) is 3.14. The Morgan fingerprint density at radius 3 is 2.36 bits per heavy atom. The number of hydrogen-bond acceptors (Lipinski definition) is 3. The van der Waals surface area contributed by atoms with Crippen LogP contribution in [0.5, 0.6) is 11.5 Å². The lowest BCUT2D eigenvalue weighted by atomic mass is 10.1. The molecule has 1 amide bonds. The van der Waals surface area contributed by atoms with Gasteiger partial charge in [-0.25, -0.2) is 0 Å². The normalized spacial score (nSPS) is 10.1. The second kappa shape index (κ2) is 7.50. The number of hydrogen-bond donors (Lipinski definition) is 0. The standard InChI is InChI=1S/C18H21NO3/c1-4-12-19(14-8-6-5-7-9-14)18(20)16-11-10-15(21-2)13-17(16)22-3/h5-11,13H,4,12H2,1-3H3. The van der Waals surface area contributed by atoms with Gasteiger partial charge in [-0.15, -0.1) is 0 Å². The molecule has 0 aliphatic carbocycles. The molecule has 2 aromatic rings. The van der Waals surface area contributed by atoms with Gasteiger partial charge >= 0.3 is 0 Å². The minimum absolute atomic E-state index is 0.0763. The molecule has 22 heavy (non-hydrogen) atoms. The fourth-order valence-corrected chi connectivity index (χ4v) is 2.30. The van der Waals surface area contributed by atoms with Crippen molar-refractivity contribution in [1.82, 2.24) is 0 Å². The highest BCUT2D eigenvalue weighted by Gasteiger charge is 2.20. The van der Waals surface area contributed by atoms with Crippen LogP contribution in [0.3, 0.4) is 0 Å². The Kier molecular flexibility index (Phi) is 5.42. The van der Waals surface area contributed by atoms with Gasteiger partial charge in [-0.3, -0.25) is 4.79 Å². The topological polar surface area (TPSA) is 38.8 Å². The number of nitrogens with zero attached hydrogens (tertiary/aromatic N) is 1. The zero-order valence-electron chi connectivity index (χ0n) is 13.2. The van der Waals surface area contributed by atoms with Crippen molar-refractivity contribution in [3.8, 4) is 11.5 Å². The maximum Gasteiger partial charge on any atom is 0.262 e. The zero-order chi connectivity index (χ0) is 15.9. The average molecular weight is 299 g/mol. The van der Waals surface area contributed by atoms with E-state index in [1.807, 2.05) is 30.3 Å². The number of anilines is 1. The van der Waals surface area contributed by atoms with E-state index < -0.39 is 0 Å². The van der Waals surface area contributed by atoms with Gasteiger partial charge in [0, 0.05) is 18.3 Å². The van der Waals surface area contributed by atoms with Crippen LogP contribution in [0.4, 0.5) is 5.69 Å². The monoisotopic (exact) mass is 299 g/mol. The van der Waals surface area contributed by atoms with E-state index in [0.717, 1.165) is 12.1 Å². The average Bonchev–Trinajstić information content (AvgIpc) is 2.59. The maximum atomic E-state index is 12.9. The lowest BCUT2D eigenvalue weighted by Gasteiger charge is -2.23. The number of methoxy groups -OCH3 is 2. The molecule has 0 bridgehead atoms. The summed E-state index contributed by atoms with van der Waals surface area (Å²) < 4.78 is 10.5. The lowest BCUT2D eigenvalue weighted by molar-refractivity contribution is 0.0984. The van der Waals surface area contributed by atoms with E-state index >= 15 is 0 Å². The van der Waals surface area contributed by atoms with E-state index in [1.54, 1.807) is 37.3 Å². The minimum atomic E-state index is -0.0763. The first-order valence-electron chi connectivity index (χ1n) is 7.30. The Bertz CT molecular complexity index is 625. The summed E-state index contributed by atoms with van der Waals surface area (Å²) in [6, 6.07) is 14.9. The fraction of sp³-hybridized carbons (Fsp3) is 0.278. The van der Waals surface area contributed by atoms with Gasteiger partial charge in [0.15, 0.2) is 0 Å². The molecule has 0 spiro atoms. The van der Waals surface area contributed by atoms with Gasteiger partial charge in [0.25, 0.3) is 5.91 Å². The first-order chi connectivity index (χ1) is 10.7. The molecule has 0 atom stereocenters. The second-order valence-corrected chi connectivity index (χ2v) is 4.86. The molecule has 0 aliphatic heterocycles. The number of amides is 1. The molecule has 0 fully saturated rings. The molecule has 2 aromatic carbocycles. The Morgan fingerprint density at radius 1 is 1.05 bits per heavy atom. The highest BCUT2D eigenvalue weighted by Crippen LogP contribution is 2.27. The molecule has 0 saturated heterocycles. The van der Waals surface area contributed by atoms with E-state index in [2.05, 4.69) is 6.92 Å². The maximum absolute atomic E-state index is 12.9. The fourth-order valence-electron chi connectivity index (χ4n) is 2.30. The third kappa shape index (κ3) is 3.39. The minimum Gasteiger partial charge on any atom is -0.497 e. The molecule has 0 heterocycles.